The van der Waals surface area contributed by atoms with Crippen LogP contribution in [0.25, 0.3) is 5.69 Å². The van der Waals surface area contributed by atoms with Gasteiger partial charge in [-0.25, -0.2) is 4.68 Å². The Morgan fingerprint density at radius 3 is 2.52 bits per heavy atom. The summed E-state index contributed by atoms with van der Waals surface area (Å²) in [5, 5.41) is 17.6. The van der Waals surface area contributed by atoms with Gasteiger partial charge in [0.2, 0.25) is 0 Å². The number of hydrogen-bond donors (Lipinski definition) is 1. The minimum Gasteiger partial charge on any atom is -0.492 e. The third-order valence-electron chi connectivity index (χ3n) is 3.82. The molecule has 3 aromatic rings. The summed E-state index contributed by atoms with van der Waals surface area (Å²) in [6.45, 7) is 2.69. The summed E-state index contributed by atoms with van der Waals surface area (Å²) in [4.78, 5) is 22.4. The maximum atomic E-state index is 12.2. The number of carbonyl (C=O) groups excluding carboxylic acids is 1. The van der Waals surface area contributed by atoms with E-state index >= 15 is 0 Å². The molecule has 1 N–H and O–H groups in total. The second-order valence-corrected chi connectivity index (χ2v) is 5.84. The van der Waals surface area contributed by atoms with Crippen molar-refractivity contribution in [3.8, 4) is 11.4 Å². The van der Waals surface area contributed by atoms with Gasteiger partial charge in [0.25, 0.3) is 11.6 Å². The summed E-state index contributed by atoms with van der Waals surface area (Å²) in [6.07, 6.45) is 1.62. The molecule has 0 aliphatic carbocycles. The fourth-order valence-corrected chi connectivity index (χ4v) is 2.37. The van der Waals surface area contributed by atoms with E-state index in [9.17, 15) is 14.9 Å². The topological polar surface area (TPSA) is 99.3 Å². The zero-order chi connectivity index (χ0) is 19.2. The van der Waals surface area contributed by atoms with Crippen LogP contribution in [0, 0.1) is 17.0 Å². The van der Waals surface area contributed by atoms with Crippen molar-refractivity contribution >= 4 is 11.6 Å². The van der Waals surface area contributed by atoms with Crippen LogP contribution in [-0.2, 0) is 0 Å². The van der Waals surface area contributed by atoms with E-state index in [2.05, 4.69) is 10.4 Å². The molecule has 0 saturated heterocycles. The number of amides is 1. The average Bonchev–Trinajstić information content (AvgIpc) is 3.17. The number of hydrogen-bond acceptors (Lipinski definition) is 5. The smallest absolute Gasteiger partial charge is 0.271 e. The number of nitro benzene ring substituents is 1. The first kappa shape index (κ1) is 18.1. The van der Waals surface area contributed by atoms with E-state index in [-0.39, 0.29) is 17.3 Å². The predicted octanol–water partition coefficient (Wildman–Crippen LogP) is 2.90. The lowest BCUT2D eigenvalue weighted by Crippen LogP contribution is -2.28. The fourth-order valence-electron chi connectivity index (χ4n) is 2.37. The van der Waals surface area contributed by atoms with Gasteiger partial charge in [0.15, 0.2) is 5.69 Å². The highest BCUT2D eigenvalue weighted by atomic mass is 16.6. The third-order valence-corrected chi connectivity index (χ3v) is 3.82. The molecule has 3 rings (SSSR count). The maximum absolute atomic E-state index is 12.2. The van der Waals surface area contributed by atoms with Crippen LogP contribution in [0.5, 0.6) is 5.75 Å². The number of ether oxygens (including phenoxy) is 1. The minimum absolute atomic E-state index is 0.00236. The molecular formula is C19H18N4O4. The molecule has 0 aliphatic rings. The van der Waals surface area contributed by atoms with E-state index in [1.165, 1.54) is 16.8 Å². The number of non-ortho nitro benzene ring substituents is 1. The quantitative estimate of drug-likeness (QED) is 0.394. The maximum Gasteiger partial charge on any atom is 0.271 e. The van der Waals surface area contributed by atoms with Gasteiger partial charge in [-0.05, 0) is 37.3 Å². The molecule has 0 aliphatic heterocycles. The van der Waals surface area contributed by atoms with Gasteiger partial charge in [0, 0.05) is 18.3 Å². The van der Waals surface area contributed by atoms with Crippen molar-refractivity contribution in [1.29, 1.82) is 0 Å². The van der Waals surface area contributed by atoms with Gasteiger partial charge in [-0.15, -0.1) is 0 Å². The first-order valence-electron chi connectivity index (χ1n) is 8.31. The molecule has 1 aromatic heterocycles. The second kappa shape index (κ2) is 8.13. The van der Waals surface area contributed by atoms with Crippen molar-refractivity contribution < 1.29 is 14.5 Å². The van der Waals surface area contributed by atoms with Crippen molar-refractivity contribution in [3.05, 3.63) is 82.2 Å². The first-order chi connectivity index (χ1) is 13.0. The lowest BCUT2D eigenvalue weighted by atomic mass is 10.2. The summed E-state index contributed by atoms with van der Waals surface area (Å²) < 4.78 is 7.04. The number of benzene rings is 2. The molecule has 1 heterocycles. The minimum atomic E-state index is -0.468. The summed E-state index contributed by atoms with van der Waals surface area (Å²) in [5.41, 5.74) is 2.03. The molecule has 0 spiro atoms. The number of nitro groups is 1. The van der Waals surface area contributed by atoms with Crippen LogP contribution in [0.3, 0.4) is 0 Å². The Morgan fingerprint density at radius 2 is 1.85 bits per heavy atom. The van der Waals surface area contributed by atoms with Crippen molar-refractivity contribution in [2.75, 3.05) is 13.2 Å². The number of aromatic nitrogens is 2. The Hall–Kier alpha value is -3.68. The molecule has 2 aromatic carbocycles. The number of nitrogens with one attached hydrogen (secondary N) is 1. The molecule has 27 heavy (non-hydrogen) atoms. The van der Waals surface area contributed by atoms with E-state index in [1.54, 1.807) is 24.4 Å². The van der Waals surface area contributed by atoms with Crippen molar-refractivity contribution in [1.82, 2.24) is 15.1 Å². The van der Waals surface area contributed by atoms with E-state index in [4.69, 9.17) is 4.74 Å². The highest BCUT2D eigenvalue weighted by molar-refractivity contribution is 5.92. The van der Waals surface area contributed by atoms with Gasteiger partial charge < -0.3 is 10.1 Å². The Bertz CT molecular complexity index is 933. The fraction of sp³-hybridized carbons (Fsp3) is 0.158. The van der Waals surface area contributed by atoms with Crippen LogP contribution >= 0.6 is 0 Å². The van der Waals surface area contributed by atoms with Gasteiger partial charge >= 0.3 is 0 Å². The van der Waals surface area contributed by atoms with E-state index < -0.39 is 4.92 Å². The SMILES string of the molecule is Cc1ccc(OCCNC(=O)c2ccn(-c3ccc([N+](=O)[O-])cc3)n2)cc1. The summed E-state index contributed by atoms with van der Waals surface area (Å²) >= 11 is 0. The molecule has 0 atom stereocenters. The van der Waals surface area contributed by atoms with Crippen LogP contribution in [0.4, 0.5) is 5.69 Å². The monoisotopic (exact) mass is 366 g/mol. The molecule has 0 bridgehead atoms. The molecule has 0 saturated carbocycles. The van der Waals surface area contributed by atoms with Gasteiger partial charge in [0.1, 0.15) is 12.4 Å². The second-order valence-electron chi connectivity index (χ2n) is 5.84. The molecule has 1 amide bonds. The Kier molecular flexibility index (Phi) is 5.46. The highest BCUT2D eigenvalue weighted by Crippen LogP contribution is 2.15. The van der Waals surface area contributed by atoms with Crippen LogP contribution in [0.1, 0.15) is 16.1 Å². The largest absolute Gasteiger partial charge is 0.492 e. The lowest BCUT2D eigenvalue weighted by Gasteiger charge is -2.07. The molecular weight excluding hydrogens is 348 g/mol. The zero-order valence-corrected chi connectivity index (χ0v) is 14.7. The Balaban J connectivity index is 1.52. The molecule has 8 nitrogen and oxygen atoms in total. The highest BCUT2D eigenvalue weighted by Gasteiger charge is 2.11. The van der Waals surface area contributed by atoms with Crippen LogP contribution in [0.15, 0.2) is 60.8 Å². The Morgan fingerprint density at radius 1 is 1.15 bits per heavy atom. The molecule has 0 fully saturated rings. The number of rotatable bonds is 7. The summed E-state index contributed by atoms with van der Waals surface area (Å²) in [6, 6.07) is 15.2. The summed E-state index contributed by atoms with van der Waals surface area (Å²) in [7, 11) is 0. The van der Waals surface area contributed by atoms with Crippen molar-refractivity contribution in [3.63, 3.8) is 0 Å². The predicted molar refractivity (Wildman–Crippen MR) is 99.2 cm³/mol. The first-order valence-corrected chi connectivity index (χ1v) is 8.31. The molecule has 138 valence electrons. The van der Waals surface area contributed by atoms with Crippen molar-refractivity contribution in [2.24, 2.45) is 0 Å². The number of aryl methyl sites for hydroxylation is 1. The van der Waals surface area contributed by atoms with Crippen LogP contribution in [0.2, 0.25) is 0 Å². The molecule has 8 heteroatoms. The molecule has 0 radical (unpaired) electrons. The Labute approximate surface area is 155 Å². The van der Waals surface area contributed by atoms with E-state index in [1.807, 2.05) is 31.2 Å². The standard InChI is InChI=1S/C19H18N4O4/c1-14-2-8-17(9-3-14)27-13-11-20-19(24)18-10-12-22(21-18)15-4-6-16(7-5-15)23(25)26/h2-10,12H,11,13H2,1H3,(H,20,24). The number of carbonyl (C=O) groups is 1. The third kappa shape index (κ3) is 4.69. The van der Waals surface area contributed by atoms with Crippen molar-refractivity contribution in [2.45, 2.75) is 6.92 Å². The van der Waals surface area contributed by atoms with Gasteiger partial charge in [-0.2, -0.15) is 5.10 Å². The molecule has 0 unspecified atom stereocenters. The van der Waals surface area contributed by atoms with Crippen LogP contribution in [-0.4, -0.2) is 33.8 Å². The zero-order valence-electron chi connectivity index (χ0n) is 14.7. The average molecular weight is 366 g/mol. The number of nitrogens with zero attached hydrogens (tertiary/aromatic N) is 3. The lowest BCUT2D eigenvalue weighted by molar-refractivity contribution is -0.384. The van der Waals surface area contributed by atoms with Gasteiger partial charge in [-0.1, -0.05) is 17.7 Å². The normalized spacial score (nSPS) is 10.4. The van der Waals surface area contributed by atoms with E-state index in [0.29, 0.717) is 18.8 Å². The van der Waals surface area contributed by atoms with Gasteiger partial charge in [-0.3, -0.25) is 14.9 Å². The van der Waals surface area contributed by atoms with Crippen LogP contribution < -0.4 is 10.1 Å². The van der Waals surface area contributed by atoms with E-state index in [0.717, 1.165) is 11.3 Å². The summed E-state index contributed by atoms with van der Waals surface area (Å²) in [5.74, 6) is 0.431. The van der Waals surface area contributed by atoms with Gasteiger partial charge in [0.05, 0.1) is 17.2 Å².